The fraction of sp³-hybridized carbons (Fsp3) is 0.474. The number of aromatic nitrogens is 2. The molecule has 0 atom stereocenters. The maximum absolute atomic E-state index is 12.1. The number of nitrogens with zero attached hydrogens (tertiary/aromatic N) is 2. The number of benzene rings is 1. The molecule has 1 aromatic carbocycles. The van der Waals surface area contributed by atoms with E-state index in [4.69, 9.17) is 14.2 Å². The van der Waals surface area contributed by atoms with Crippen molar-refractivity contribution < 1.29 is 19.0 Å². The number of carbonyl (C=O) groups is 1. The summed E-state index contributed by atoms with van der Waals surface area (Å²) >= 11 is 0. The summed E-state index contributed by atoms with van der Waals surface area (Å²) in [5, 5.41) is 10.4. The lowest BCUT2D eigenvalue weighted by atomic mass is 10.1. The van der Waals surface area contributed by atoms with Crippen LogP contribution in [-0.4, -0.2) is 50.1 Å². The lowest BCUT2D eigenvalue weighted by molar-refractivity contribution is -0.115. The van der Waals surface area contributed by atoms with Crippen LogP contribution < -0.4 is 24.8 Å². The molecule has 8 heteroatoms. The van der Waals surface area contributed by atoms with Crippen LogP contribution in [0.15, 0.2) is 24.4 Å². The highest BCUT2D eigenvalue weighted by Crippen LogP contribution is 2.40. The molecule has 0 spiro atoms. The van der Waals surface area contributed by atoms with Gasteiger partial charge in [-0.2, -0.15) is 5.10 Å². The van der Waals surface area contributed by atoms with Gasteiger partial charge in [0.25, 0.3) is 0 Å². The summed E-state index contributed by atoms with van der Waals surface area (Å²) in [6.07, 6.45) is 4.17. The predicted octanol–water partition coefficient (Wildman–Crippen LogP) is 1.90. The number of anilines is 1. The third-order valence-electron chi connectivity index (χ3n) is 4.51. The van der Waals surface area contributed by atoms with Gasteiger partial charge in [-0.25, -0.2) is 4.68 Å². The Morgan fingerprint density at radius 2 is 1.93 bits per heavy atom. The first-order valence-electron chi connectivity index (χ1n) is 8.96. The van der Waals surface area contributed by atoms with Crippen molar-refractivity contribution in [2.45, 2.75) is 19.4 Å². The van der Waals surface area contributed by atoms with Crippen LogP contribution in [0.5, 0.6) is 17.2 Å². The Labute approximate surface area is 158 Å². The minimum Gasteiger partial charge on any atom is -0.493 e. The molecule has 27 heavy (non-hydrogen) atoms. The summed E-state index contributed by atoms with van der Waals surface area (Å²) in [5.41, 5.74) is 0.862. The molecular formula is C19H26N4O4. The van der Waals surface area contributed by atoms with Crippen LogP contribution in [0.3, 0.4) is 0 Å². The second-order valence-electron chi connectivity index (χ2n) is 6.49. The van der Waals surface area contributed by atoms with Crippen molar-refractivity contribution in [1.29, 1.82) is 0 Å². The molecule has 2 N–H and O–H groups in total. The van der Waals surface area contributed by atoms with E-state index in [0.29, 0.717) is 36.2 Å². The highest BCUT2D eigenvalue weighted by Gasteiger charge is 2.21. The van der Waals surface area contributed by atoms with Gasteiger partial charge in [-0.1, -0.05) is 0 Å². The summed E-state index contributed by atoms with van der Waals surface area (Å²) in [6, 6.07) is 5.48. The van der Waals surface area contributed by atoms with E-state index in [1.807, 2.05) is 12.1 Å². The van der Waals surface area contributed by atoms with Crippen molar-refractivity contribution in [2.24, 2.45) is 5.92 Å². The standard InChI is InChI=1S/C19H26N4O4/c1-25-15-7-6-14(18(26-2)19(15)27-3)12-23-16(8-9-21-23)22-17(24)11-20-10-13-4-5-13/h6-9,13,20H,4-5,10-12H2,1-3H3,(H,22,24). The van der Waals surface area contributed by atoms with Gasteiger partial charge in [-0.15, -0.1) is 0 Å². The number of hydrogen-bond donors (Lipinski definition) is 2. The summed E-state index contributed by atoms with van der Waals surface area (Å²) in [5.74, 6) is 2.98. The summed E-state index contributed by atoms with van der Waals surface area (Å²) in [4.78, 5) is 12.1. The summed E-state index contributed by atoms with van der Waals surface area (Å²) < 4.78 is 18.0. The maximum Gasteiger partial charge on any atom is 0.239 e. The van der Waals surface area contributed by atoms with E-state index in [0.717, 1.165) is 18.0 Å². The predicted molar refractivity (Wildman–Crippen MR) is 102 cm³/mol. The van der Waals surface area contributed by atoms with E-state index in [1.165, 1.54) is 12.8 Å². The van der Waals surface area contributed by atoms with E-state index in [2.05, 4.69) is 15.7 Å². The van der Waals surface area contributed by atoms with E-state index in [-0.39, 0.29) is 5.91 Å². The van der Waals surface area contributed by atoms with Crippen molar-refractivity contribution >= 4 is 11.7 Å². The molecule has 0 saturated heterocycles. The molecule has 1 fully saturated rings. The van der Waals surface area contributed by atoms with Crippen LogP contribution in [0.2, 0.25) is 0 Å². The normalized spacial score (nSPS) is 13.3. The first-order valence-corrected chi connectivity index (χ1v) is 8.96. The molecule has 0 aliphatic heterocycles. The Morgan fingerprint density at radius 3 is 2.59 bits per heavy atom. The van der Waals surface area contributed by atoms with E-state index in [1.54, 1.807) is 38.3 Å². The number of rotatable bonds is 10. The van der Waals surface area contributed by atoms with Crippen molar-refractivity contribution in [2.75, 3.05) is 39.7 Å². The molecule has 3 rings (SSSR count). The van der Waals surface area contributed by atoms with Crippen LogP contribution in [0.4, 0.5) is 5.82 Å². The Hall–Kier alpha value is -2.74. The van der Waals surface area contributed by atoms with Gasteiger partial charge >= 0.3 is 0 Å². The second-order valence-corrected chi connectivity index (χ2v) is 6.49. The first-order chi connectivity index (χ1) is 13.2. The number of carbonyl (C=O) groups excluding carboxylic acids is 1. The summed E-state index contributed by atoms with van der Waals surface area (Å²) in [7, 11) is 4.73. The highest BCUT2D eigenvalue weighted by atomic mass is 16.5. The second kappa shape index (κ2) is 8.77. The maximum atomic E-state index is 12.1. The minimum absolute atomic E-state index is 0.0864. The number of methoxy groups -OCH3 is 3. The fourth-order valence-corrected chi connectivity index (χ4v) is 2.91. The van der Waals surface area contributed by atoms with Gasteiger partial charge in [-0.3, -0.25) is 4.79 Å². The van der Waals surface area contributed by atoms with Gasteiger partial charge in [0, 0.05) is 11.6 Å². The zero-order chi connectivity index (χ0) is 19.2. The molecule has 1 amide bonds. The van der Waals surface area contributed by atoms with Gasteiger partial charge < -0.3 is 24.8 Å². The molecule has 8 nitrogen and oxygen atoms in total. The zero-order valence-electron chi connectivity index (χ0n) is 15.9. The quantitative estimate of drug-likeness (QED) is 0.661. The SMILES string of the molecule is COc1ccc(Cn2nccc2NC(=O)CNCC2CC2)c(OC)c1OC. The lowest BCUT2D eigenvalue weighted by Gasteiger charge is -2.16. The zero-order valence-corrected chi connectivity index (χ0v) is 15.9. The van der Waals surface area contributed by atoms with Crippen molar-refractivity contribution in [3.8, 4) is 17.2 Å². The summed E-state index contributed by atoms with van der Waals surface area (Å²) in [6.45, 7) is 1.61. The fourth-order valence-electron chi connectivity index (χ4n) is 2.91. The molecule has 146 valence electrons. The van der Waals surface area contributed by atoms with E-state index < -0.39 is 0 Å². The molecule has 1 aromatic heterocycles. The number of amides is 1. The highest BCUT2D eigenvalue weighted by molar-refractivity contribution is 5.91. The monoisotopic (exact) mass is 374 g/mol. The third-order valence-corrected chi connectivity index (χ3v) is 4.51. The van der Waals surface area contributed by atoms with Gasteiger partial charge in [0.1, 0.15) is 5.82 Å². The number of nitrogens with one attached hydrogen (secondary N) is 2. The molecular weight excluding hydrogens is 348 g/mol. The van der Waals surface area contributed by atoms with Crippen LogP contribution in [0.1, 0.15) is 18.4 Å². The Bertz CT molecular complexity index is 786. The topological polar surface area (TPSA) is 86.6 Å². The minimum atomic E-state index is -0.0864. The molecule has 1 saturated carbocycles. The van der Waals surface area contributed by atoms with E-state index >= 15 is 0 Å². The smallest absolute Gasteiger partial charge is 0.239 e. The van der Waals surface area contributed by atoms with Crippen molar-refractivity contribution in [3.05, 3.63) is 30.0 Å². The number of ether oxygens (including phenoxy) is 3. The van der Waals surface area contributed by atoms with Gasteiger partial charge in [0.15, 0.2) is 11.5 Å². The molecule has 1 aliphatic rings. The van der Waals surface area contributed by atoms with Crippen LogP contribution >= 0.6 is 0 Å². The Balaban J connectivity index is 1.69. The van der Waals surface area contributed by atoms with Gasteiger partial charge in [-0.05, 0) is 37.4 Å². The van der Waals surface area contributed by atoms with Crippen LogP contribution in [0, 0.1) is 5.92 Å². The lowest BCUT2D eigenvalue weighted by Crippen LogP contribution is -2.30. The van der Waals surface area contributed by atoms with Crippen molar-refractivity contribution in [3.63, 3.8) is 0 Å². The third kappa shape index (κ3) is 4.71. The molecule has 0 unspecified atom stereocenters. The molecule has 1 heterocycles. The average molecular weight is 374 g/mol. The first kappa shape index (κ1) is 19.0. The Kier molecular flexibility index (Phi) is 6.18. The van der Waals surface area contributed by atoms with E-state index in [9.17, 15) is 4.79 Å². The van der Waals surface area contributed by atoms with Crippen molar-refractivity contribution in [1.82, 2.24) is 15.1 Å². The molecule has 0 radical (unpaired) electrons. The Morgan fingerprint density at radius 1 is 1.15 bits per heavy atom. The number of hydrogen-bond acceptors (Lipinski definition) is 6. The largest absolute Gasteiger partial charge is 0.493 e. The van der Waals surface area contributed by atoms with Gasteiger partial charge in [0.05, 0.1) is 40.6 Å². The molecule has 0 bridgehead atoms. The molecule has 2 aromatic rings. The van der Waals surface area contributed by atoms with Crippen LogP contribution in [-0.2, 0) is 11.3 Å². The van der Waals surface area contributed by atoms with Crippen LogP contribution in [0.25, 0.3) is 0 Å². The van der Waals surface area contributed by atoms with Gasteiger partial charge in [0.2, 0.25) is 11.7 Å². The average Bonchev–Trinajstić information content (AvgIpc) is 3.40. The molecule has 1 aliphatic carbocycles.